The average molecular weight is 238 g/mol. The summed E-state index contributed by atoms with van der Waals surface area (Å²) in [5.41, 5.74) is 1.81. The first-order valence-electron chi connectivity index (χ1n) is 3.92. The molecule has 0 saturated heterocycles. The van der Waals surface area contributed by atoms with Crippen molar-refractivity contribution >= 4 is 33.1 Å². The summed E-state index contributed by atoms with van der Waals surface area (Å²) in [6.07, 6.45) is 2.72. The zero-order valence-electron chi connectivity index (χ0n) is 7.12. The molecule has 1 aromatic carbocycles. The molecule has 13 heavy (non-hydrogen) atoms. The second-order valence-electron chi connectivity index (χ2n) is 2.97. The molecule has 0 aliphatic heterocycles. The number of halogens is 1. The highest BCUT2D eigenvalue weighted by atomic mass is 79.9. The van der Waals surface area contributed by atoms with Crippen molar-refractivity contribution in [3.8, 4) is 0 Å². The molecule has 2 rings (SSSR count). The van der Waals surface area contributed by atoms with Crippen LogP contribution in [0.25, 0.3) is 10.9 Å². The van der Waals surface area contributed by atoms with Crippen LogP contribution in [-0.4, -0.2) is 10.9 Å². The predicted molar refractivity (Wildman–Crippen MR) is 56.0 cm³/mol. The standard InChI is InChI=1S/C10H8BrNO/c1-12-5-7(6-13)9-4-8(11)2-3-10(9)12/h2-6H,1H3. The van der Waals surface area contributed by atoms with Crippen molar-refractivity contribution in [1.82, 2.24) is 4.57 Å². The highest BCUT2D eigenvalue weighted by Gasteiger charge is 2.04. The number of carbonyl (C=O) groups excluding carboxylic acids is 1. The number of aryl methyl sites for hydroxylation is 1. The van der Waals surface area contributed by atoms with Gasteiger partial charge in [-0.25, -0.2) is 0 Å². The highest BCUT2D eigenvalue weighted by molar-refractivity contribution is 9.10. The number of rotatable bonds is 1. The first-order valence-corrected chi connectivity index (χ1v) is 4.71. The van der Waals surface area contributed by atoms with Crippen LogP contribution >= 0.6 is 15.9 Å². The maximum atomic E-state index is 10.7. The number of benzene rings is 1. The Balaban J connectivity index is 2.89. The van der Waals surface area contributed by atoms with E-state index in [0.717, 1.165) is 27.2 Å². The van der Waals surface area contributed by atoms with Gasteiger partial charge in [0.2, 0.25) is 0 Å². The summed E-state index contributed by atoms with van der Waals surface area (Å²) in [5, 5.41) is 0.992. The van der Waals surface area contributed by atoms with Crippen molar-refractivity contribution < 1.29 is 4.79 Å². The third-order valence-corrected chi connectivity index (χ3v) is 2.60. The molecule has 0 fully saturated rings. The van der Waals surface area contributed by atoms with Crippen LogP contribution in [0.3, 0.4) is 0 Å². The van der Waals surface area contributed by atoms with Crippen LogP contribution in [-0.2, 0) is 7.05 Å². The van der Waals surface area contributed by atoms with Crippen molar-refractivity contribution in [3.05, 3.63) is 34.4 Å². The van der Waals surface area contributed by atoms with E-state index in [-0.39, 0.29) is 0 Å². The highest BCUT2D eigenvalue weighted by Crippen LogP contribution is 2.23. The lowest BCUT2D eigenvalue weighted by atomic mass is 10.2. The van der Waals surface area contributed by atoms with E-state index < -0.39 is 0 Å². The Kier molecular flexibility index (Phi) is 1.96. The van der Waals surface area contributed by atoms with E-state index in [1.54, 1.807) is 0 Å². The fraction of sp³-hybridized carbons (Fsp3) is 0.100. The van der Waals surface area contributed by atoms with Crippen LogP contribution in [0.4, 0.5) is 0 Å². The van der Waals surface area contributed by atoms with Gasteiger partial charge in [-0.1, -0.05) is 15.9 Å². The SMILES string of the molecule is Cn1cc(C=O)c2cc(Br)ccc21. The molecule has 3 heteroatoms. The molecule has 66 valence electrons. The van der Waals surface area contributed by atoms with Crippen molar-refractivity contribution in [2.24, 2.45) is 7.05 Å². The van der Waals surface area contributed by atoms with Crippen LogP contribution in [0.15, 0.2) is 28.9 Å². The van der Waals surface area contributed by atoms with Crippen molar-refractivity contribution in [3.63, 3.8) is 0 Å². The van der Waals surface area contributed by atoms with Crippen LogP contribution < -0.4 is 0 Å². The fourth-order valence-electron chi connectivity index (χ4n) is 1.49. The molecule has 0 N–H and O–H groups in total. The summed E-state index contributed by atoms with van der Waals surface area (Å²) >= 11 is 3.38. The third kappa shape index (κ3) is 1.29. The quantitative estimate of drug-likeness (QED) is 0.700. The van der Waals surface area contributed by atoms with Gasteiger partial charge in [-0.2, -0.15) is 0 Å². The molecule has 0 aliphatic rings. The molecule has 0 aliphatic carbocycles. The van der Waals surface area contributed by atoms with Crippen LogP contribution in [0.5, 0.6) is 0 Å². The number of fused-ring (bicyclic) bond motifs is 1. The number of nitrogens with zero attached hydrogens (tertiary/aromatic N) is 1. The maximum Gasteiger partial charge on any atom is 0.152 e. The van der Waals surface area contributed by atoms with Gasteiger partial charge in [-0.15, -0.1) is 0 Å². The Morgan fingerprint density at radius 3 is 2.92 bits per heavy atom. The molecule has 0 spiro atoms. The van der Waals surface area contributed by atoms with E-state index in [2.05, 4.69) is 15.9 Å². The zero-order valence-corrected chi connectivity index (χ0v) is 8.71. The summed E-state index contributed by atoms with van der Waals surface area (Å²) in [4.78, 5) is 10.7. The van der Waals surface area contributed by atoms with Crippen molar-refractivity contribution in [2.75, 3.05) is 0 Å². The van der Waals surface area contributed by atoms with Gasteiger partial charge in [-0.05, 0) is 18.2 Å². The number of hydrogen-bond acceptors (Lipinski definition) is 1. The van der Waals surface area contributed by atoms with Gasteiger partial charge >= 0.3 is 0 Å². The Morgan fingerprint density at radius 2 is 2.23 bits per heavy atom. The maximum absolute atomic E-state index is 10.7. The first-order chi connectivity index (χ1) is 6.22. The molecule has 2 aromatic rings. The molecular formula is C10H8BrNO. The minimum Gasteiger partial charge on any atom is -0.350 e. The molecule has 1 heterocycles. The Bertz CT molecular complexity index is 473. The average Bonchev–Trinajstić information content (AvgIpc) is 2.42. The second kappa shape index (κ2) is 3.00. The number of aldehydes is 1. The molecule has 0 saturated carbocycles. The Labute approximate surface area is 84.3 Å². The summed E-state index contributed by atoms with van der Waals surface area (Å²) in [7, 11) is 1.93. The monoisotopic (exact) mass is 237 g/mol. The van der Waals surface area contributed by atoms with Gasteiger partial charge in [0.05, 0.1) is 0 Å². The van der Waals surface area contributed by atoms with E-state index in [1.807, 2.05) is 36.0 Å². The largest absolute Gasteiger partial charge is 0.350 e. The minimum atomic E-state index is 0.735. The number of aromatic nitrogens is 1. The Hall–Kier alpha value is -1.09. The molecular weight excluding hydrogens is 230 g/mol. The lowest BCUT2D eigenvalue weighted by Crippen LogP contribution is -1.82. The van der Waals surface area contributed by atoms with Gasteiger partial charge in [0.25, 0.3) is 0 Å². The Morgan fingerprint density at radius 1 is 1.46 bits per heavy atom. The normalized spacial score (nSPS) is 10.6. The first kappa shape index (κ1) is 8.51. The molecule has 0 bridgehead atoms. The van der Waals surface area contributed by atoms with E-state index in [4.69, 9.17) is 0 Å². The topological polar surface area (TPSA) is 22.0 Å². The van der Waals surface area contributed by atoms with Crippen molar-refractivity contribution in [1.29, 1.82) is 0 Å². The van der Waals surface area contributed by atoms with Crippen LogP contribution in [0.2, 0.25) is 0 Å². The third-order valence-electron chi connectivity index (χ3n) is 2.11. The molecule has 2 nitrogen and oxygen atoms in total. The van der Waals surface area contributed by atoms with E-state index in [1.165, 1.54) is 0 Å². The summed E-state index contributed by atoms with van der Waals surface area (Å²) in [6, 6.07) is 5.92. The van der Waals surface area contributed by atoms with Crippen molar-refractivity contribution in [2.45, 2.75) is 0 Å². The molecule has 0 radical (unpaired) electrons. The van der Waals surface area contributed by atoms with Gasteiger partial charge < -0.3 is 4.57 Å². The fourth-order valence-corrected chi connectivity index (χ4v) is 1.85. The molecule has 0 unspecified atom stereocenters. The minimum absolute atomic E-state index is 0.735. The van der Waals surface area contributed by atoms with Crippen LogP contribution in [0.1, 0.15) is 10.4 Å². The van der Waals surface area contributed by atoms with Gasteiger partial charge in [0, 0.05) is 34.2 Å². The second-order valence-corrected chi connectivity index (χ2v) is 3.89. The van der Waals surface area contributed by atoms with Gasteiger partial charge in [0.1, 0.15) is 0 Å². The van der Waals surface area contributed by atoms with Crippen LogP contribution in [0, 0.1) is 0 Å². The van der Waals surface area contributed by atoms with Gasteiger partial charge in [-0.3, -0.25) is 4.79 Å². The molecule has 1 aromatic heterocycles. The van der Waals surface area contributed by atoms with E-state index >= 15 is 0 Å². The predicted octanol–water partition coefficient (Wildman–Crippen LogP) is 2.75. The smallest absolute Gasteiger partial charge is 0.152 e. The lowest BCUT2D eigenvalue weighted by Gasteiger charge is -1.95. The summed E-state index contributed by atoms with van der Waals surface area (Å²) in [6.45, 7) is 0. The molecule has 0 amide bonds. The van der Waals surface area contributed by atoms with E-state index in [0.29, 0.717) is 0 Å². The summed E-state index contributed by atoms with van der Waals surface area (Å²) in [5.74, 6) is 0. The number of carbonyl (C=O) groups is 1. The zero-order chi connectivity index (χ0) is 9.42. The van der Waals surface area contributed by atoms with E-state index in [9.17, 15) is 4.79 Å². The lowest BCUT2D eigenvalue weighted by molar-refractivity contribution is 0.112. The number of hydrogen-bond donors (Lipinski definition) is 0. The summed E-state index contributed by atoms with van der Waals surface area (Å²) < 4.78 is 2.94. The molecule has 0 atom stereocenters. The van der Waals surface area contributed by atoms with Gasteiger partial charge in [0.15, 0.2) is 6.29 Å².